The van der Waals surface area contributed by atoms with Gasteiger partial charge in [0, 0.05) is 19.7 Å². The summed E-state index contributed by atoms with van der Waals surface area (Å²) >= 11 is 0. The first-order valence-corrected chi connectivity index (χ1v) is 8.91. The topological polar surface area (TPSA) is 77.8 Å². The van der Waals surface area contributed by atoms with Crippen molar-refractivity contribution in [2.75, 3.05) is 6.54 Å². The molecule has 1 saturated heterocycles. The molecule has 140 valence electrons. The molecule has 1 amide bonds. The maximum Gasteiger partial charge on any atom is 0.338 e. The third-order valence-electron chi connectivity index (χ3n) is 5.17. The van der Waals surface area contributed by atoms with Gasteiger partial charge >= 0.3 is 11.9 Å². The van der Waals surface area contributed by atoms with Crippen LogP contribution < -0.4 is 0 Å². The van der Waals surface area contributed by atoms with E-state index in [1.54, 1.807) is 22.9 Å². The van der Waals surface area contributed by atoms with Crippen LogP contribution in [0.3, 0.4) is 0 Å². The van der Waals surface area contributed by atoms with Gasteiger partial charge in [0.05, 0.1) is 0 Å². The smallest absolute Gasteiger partial charge is 0.338 e. The number of hydrogen-bond acceptors (Lipinski definition) is 5. The van der Waals surface area contributed by atoms with E-state index in [-0.39, 0.29) is 12.5 Å². The molecule has 0 saturated carbocycles. The predicted octanol–water partition coefficient (Wildman–Crippen LogP) is 2.28. The lowest BCUT2D eigenvalue weighted by Gasteiger charge is -2.45. The maximum absolute atomic E-state index is 13.2. The fraction of sp³-hybridized carbons (Fsp3) is 0.350. The molecule has 2 aromatic rings. The zero-order chi connectivity index (χ0) is 19.0. The summed E-state index contributed by atoms with van der Waals surface area (Å²) in [6.07, 6.45) is 1.72. The molecule has 4 rings (SSSR count). The molecule has 0 radical (unpaired) electrons. The predicted molar refractivity (Wildman–Crippen MR) is 94.5 cm³/mol. The van der Waals surface area contributed by atoms with Crippen molar-refractivity contribution >= 4 is 17.8 Å². The van der Waals surface area contributed by atoms with Crippen LogP contribution in [-0.4, -0.2) is 39.4 Å². The molecule has 3 heterocycles. The average molecular weight is 368 g/mol. The summed E-state index contributed by atoms with van der Waals surface area (Å²) in [5, 5.41) is 0. The third-order valence-corrected chi connectivity index (χ3v) is 5.17. The lowest BCUT2D eigenvalue weighted by atomic mass is 9.91. The highest BCUT2D eigenvalue weighted by molar-refractivity contribution is 5.99. The van der Waals surface area contributed by atoms with Gasteiger partial charge in [-0.2, -0.15) is 0 Å². The van der Waals surface area contributed by atoms with Gasteiger partial charge in [0.15, 0.2) is 5.54 Å². The summed E-state index contributed by atoms with van der Waals surface area (Å²) in [4.78, 5) is 39.4. The Labute approximate surface area is 156 Å². The van der Waals surface area contributed by atoms with Gasteiger partial charge in [-0.1, -0.05) is 30.3 Å². The second-order valence-corrected chi connectivity index (χ2v) is 6.81. The molecule has 1 aromatic carbocycles. The molecule has 2 aliphatic heterocycles. The van der Waals surface area contributed by atoms with E-state index in [0.29, 0.717) is 25.1 Å². The van der Waals surface area contributed by atoms with Crippen molar-refractivity contribution in [3.63, 3.8) is 0 Å². The molecule has 2 atom stereocenters. The molecule has 1 aromatic heterocycles. The van der Waals surface area contributed by atoms with Crippen LogP contribution in [-0.2, 0) is 25.7 Å². The summed E-state index contributed by atoms with van der Waals surface area (Å²) in [6, 6.07) is 12.7. The zero-order valence-electron chi connectivity index (χ0n) is 15.0. The van der Waals surface area contributed by atoms with Crippen LogP contribution in [0.2, 0.25) is 0 Å². The molecule has 0 N–H and O–H groups in total. The van der Waals surface area contributed by atoms with Crippen molar-refractivity contribution in [3.05, 3.63) is 59.9 Å². The van der Waals surface area contributed by atoms with Crippen molar-refractivity contribution in [2.24, 2.45) is 0 Å². The largest absolute Gasteiger partial charge is 0.459 e. The van der Waals surface area contributed by atoms with Gasteiger partial charge in [0.25, 0.3) is 5.91 Å². The minimum Gasteiger partial charge on any atom is -0.459 e. The van der Waals surface area contributed by atoms with Gasteiger partial charge in [-0.3, -0.25) is 9.59 Å². The lowest BCUT2D eigenvalue weighted by molar-refractivity contribution is -0.182. The molecular weight excluding hydrogens is 348 g/mol. The van der Waals surface area contributed by atoms with Gasteiger partial charge in [-0.25, -0.2) is 4.79 Å². The Balaban J connectivity index is 1.71. The second-order valence-electron chi connectivity index (χ2n) is 6.81. The molecule has 0 spiro atoms. The van der Waals surface area contributed by atoms with Crippen LogP contribution >= 0.6 is 0 Å². The minimum atomic E-state index is -1.34. The van der Waals surface area contributed by atoms with Gasteiger partial charge in [0.1, 0.15) is 12.3 Å². The molecule has 0 aliphatic carbocycles. The van der Waals surface area contributed by atoms with Crippen LogP contribution in [0, 0.1) is 0 Å². The second kappa shape index (κ2) is 6.57. The molecule has 2 aliphatic rings. The Morgan fingerprint density at radius 3 is 2.70 bits per heavy atom. The summed E-state index contributed by atoms with van der Waals surface area (Å²) < 4.78 is 12.7. The Bertz CT molecular complexity index is 891. The SMILES string of the molecule is CC(=O)O[C@H]1n2cccc2C(=O)N2CCC[C@@]12C(=O)OCc1ccccc1. The van der Waals surface area contributed by atoms with Crippen molar-refractivity contribution in [1.29, 1.82) is 0 Å². The Morgan fingerprint density at radius 2 is 1.96 bits per heavy atom. The van der Waals surface area contributed by atoms with E-state index in [1.807, 2.05) is 30.3 Å². The van der Waals surface area contributed by atoms with Crippen LogP contribution in [0.5, 0.6) is 0 Å². The van der Waals surface area contributed by atoms with Crippen molar-refractivity contribution in [3.8, 4) is 0 Å². The number of aromatic nitrogens is 1. The summed E-state index contributed by atoms with van der Waals surface area (Å²) in [5.41, 5.74) is -0.0990. The highest BCUT2D eigenvalue weighted by atomic mass is 16.6. The van der Waals surface area contributed by atoms with Crippen molar-refractivity contribution in [2.45, 2.75) is 38.1 Å². The normalized spacial score (nSPS) is 23.5. The van der Waals surface area contributed by atoms with Gasteiger partial charge < -0.3 is 18.9 Å². The van der Waals surface area contributed by atoms with Crippen LogP contribution in [0.4, 0.5) is 0 Å². The standard InChI is InChI=1S/C20H20N2O5/c1-14(23)27-18-20(19(25)26-13-15-7-3-2-4-8-15)10-6-12-22(20)17(24)16-9-5-11-21(16)18/h2-5,7-9,11,18H,6,10,12-13H2,1H3/t18-,20+/m1/s1. The number of rotatable bonds is 4. The number of carbonyl (C=O) groups excluding carboxylic acids is 3. The monoisotopic (exact) mass is 368 g/mol. The molecule has 27 heavy (non-hydrogen) atoms. The lowest BCUT2D eigenvalue weighted by Crippen LogP contribution is -2.63. The summed E-state index contributed by atoms with van der Waals surface area (Å²) in [7, 11) is 0. The van der Waals surface area contributed by atoms with Crippen molar-refractivity contribution < 1.29 is 23.9 Å². The highest BCUT2D eigenvalue weighted by Gasteiger charge is 2.62. The Hall–Kier alpha value is -3.09. The summed E-state index contributed by atoms with van der Waals surface area (Å²) in [6.45, 7) is 1.80. The molecule has 7 nitrogen and oxygen atoms in total. The number of nitrogens with zero attached hydrogens (tertiary/aromatic N) is 2. The highest BCUT2D eigenvalue weighted by Crippen LogP contribution is 2.45. The van der Waals surface area contributed by atoms with Crippen LogP contribution in [0.1, 0.15) is 42.0 Å². The van der Waals surface area contributed by atoms with Gasteiger partial charge in [-0.15, -0.1) is 0 Å². The fourth-order valence-corrected chi connectivity index (χ4v) is 4.00. The quantitative estimate of drug-likeness (QED) is 0.774. The number of benzene rings is 1. The molecular formula is C20H20N2O5. The van der Waals surface area contributed by atoms with E-state index < -0.39 is 23.7 Å². The van der Waals surface area contributed by atoms with E-state index in [9.17, 15) is 14.4 Å². The Morgan fingerprint density at radius 1 is 1.19 bits per heavy atom. The first-order chi connectivity index (χ1) is 13.0. The number of amides is 1. The van der Waals surface area contributed by atoms with E-state index in [4.69, 9.17) is 9.47 Å². The van der Waals surface area contributed by atoms with Gasteiger partial charge in [0.2, 0.25) is 6.23 Å². The first-order valence-electron chi connectivity index (χ1n) is 8.91. The molecule has 1 fully saturated rings. The van der Waals surface area contributed by atoms with E-state index in [0.717, 1.165) is 5.56 Å². The summed E-state index contributed by atoms with van der Waals surface area (Å²) in [5.74, 6) is -1.32. The first kappa shape index (κ1) is 17.3. The van der Waals surface area contributed by atoms with E-state index in [2.05, 4.69) is 0 Å². The number of ether oxygens (including phenoxy) is 2. The van der Waals surface area contributed by atoms with Crippen molar-refractivity contribution in [1.82, 2.24) is 9.47 Å². The van der Waals surface area contributed by atoms with E-state index in [1.165, 1.54) is 11.8 Å². The van der Waals surface area contributed by atoms with Crippen LogP contribution in [0.25, 0.3) is 0 Å². The maximum atomic E-state index is 13.2. The average Bonchev–Trinajstić information content (AvgIpc) is 3.32. The Kier molecular flexibility index (Phi) is 4.22. The fourth-order valence-electron chi connectivity index (χ4n) is 4.00. The molecule has 0 unspecified atom stereocenters. The number of hydrogen-bond donors (Lipinski definition) is 0. The number of esters is 2. The molecule has 0 bridgehead atoms. The third kappa shape index (κ3) is 2.70. The van der Waals surface area contributed by atoms with Crippen LogP contribution in [0.15, 0.2) is 48.7 Å². The van der Waals surface area contributed by atoms with Gasteiger partial charge in [-0.05, 0) is 30.5 Å². The minimum absolute atomic E-state index is 0.0920. The number of fused-ring (bicyclic) bond motifs is 2. The zero-order valence-corrected chi connectivity index (χ0v) is 15.0. The number of carbonyl (C=O) groups is 3. The molecule has 7 heteroatoms. The van der Waals surface area contributed by atoms with E-state index >= 15 is 0 Å².